The lowest BCUT2D eigenvalue weighted by atomic mass is 10.1. The molecule has 0 spiro atoms. The van der Waals surface area contributed by atoms with Crippen LogP contribution in [0.25, 0.3) is 0 Å². The van der Waals surface area contributed by atoms with Gasteiger partial charge >= 0.3 is 0 Å². The van der Waals surface area contributed by atoms with Crippen molar-refractivity contribution in [3.05, 3.63) is 29.8 Å². The fraction of sp³-hybridized carbons (Fsp3) is 0.562. The summed E-state index contributed by atoms with van der Waals surface area (Å²) in [7, 11) is -1.17. The van der Waals surface area contributed by atoms with Crippen LogP contribution in [0.2, 0.25) is 19.6 Å². The maximum absolute atomic E-state index is 12.5. The van der Waals surface area contributed by atoms with Gasteiger partial charge in [-0.15, -0.1) is 0 Å². The van der Waals surface area contributed by atoms with Gasteiger partial charge in [-0.3, -0.25) is 4.79 Å². The highest BCUT2D eigenvalue weighted by atomic mass is 28.3. The zero-order valence-corrected chi connectivity index (χ0v) is 14.2. The molecule has 0 bridgehead atoms. The molecule has 116 valence electrons. The second-order valence-electron chi connectivity index (χ2n) is 7.04. The zero-order chi connectivity index (χ0) is 15.5. The number of β-amino-alcohol motifs (C(OH)–C–C–N with tert-alkyl or cyclic N) is 1. The monoisotopic (exact) mass is 306 g/mol. The predicted octanol–water partition coefficient (Wildman–Crippen LogP) is 2.57. The van der Waals surface area contributed by atoms with Gasteiger partial charge in [0.1, 0.15) is 0 Å². The molecule has 0 saturated carbocycles. The van der Waals surface area contributed by atoms with E-state index >= 15 is 0 Å². The molecule has 1 unspecified atom stereocenters. The van der Waals surface area contributed by atoms with E-state index in [0.717, 1.165) is 31.2 Å². The standard InChI is InChI=1S/C16H26N2O2Si/c1-21(2,3)12-17-14-7-4-6-13(10-14)16(20)18-9-5-8-15(19)11-18/h4,6-7,10,15,17,19H,5,8-9,11-12H2,1-3H3. The maximum Gasteiger partial charge on any atom is 0.254 e. The molecule has 1 aliphatic rings. The molecule has 1 saturated heterocycles. The predicted molar refractivity (Wildman–Crippen MR) is 89.4 cm³/mol. The van der Waals surface area contributed by atoms with Crippen LogP contribution in [0, 0.1) is 0 Å². The SMILES string of the molecule is C[Si](C)(C)CNc1cccc(C(=O)N2CCCC(O)C2)c1. The molecule has 1 amide bonds. The Bertz CT molecular complexity index is 499. The Morgan fingerprint density at radius 2 is 2.19 bits per heavy atom. The number of nitrogens with zero attached hydrogens (tertiary/aromatic N) is 1. The number of rotatable bonds is 4. The minimum Gasteiger partial charge on any atom is -0.391 e. The lowest BCUT2D eigenvalue weighted by molar-refractivity contribution is 0.0474. The number of carbonyl (C=O) groups excluding carboxylic acids is 1. The molecule has 2 rings (SSSR count). The topological polar surface area (TPSA) is 52.6 Å². The average molecular weight is 306 g/mol. The number of hydrogen-bond acceptors (Lipinski definition) is 3. The highest BCUT2D eigenvalue weighted by Crippen LogP contribution is 2.17. The Balaban J connectivity index is 2.04. The molecule has 1 heterocycles. The fourth-order valence-corrected chi connectivity index (χ4v) is 3.19. The Hall–Kier alpha value is -1.33. The summed E-state index contributed by atoms with van der Waals surface area (Å²) in [5, 5.41) is 13.1. The molecule has 1 aromatic rings. The van der Waals surface area contributed by atoms with Crippen molar-refractivity contribution in [3.8, 4) is 0 Å². The molecule has 1 aromatic carbocycles. The van der Waals surface area contributed by atoms with E-state index in [4.69, 9.17) is 0 Å². The van der Waals surface area contributed by atoms with Crippen LogP contribution >= 0.6 is 0 Å². The number of anilines is 1. The van der Waals surface area contributed by atoms with E-state index in [9.17, 15) is 9.90 Å². The first-order valence-electron chi connectivity index (χ1n) is 7.66. The highest BCUT2D eigenvalue weighted by molar-refractivity contribution is 6.76. The van der Waals surface area contributed by atoms with E-state index in [1.165, 1.54) is 0 Å². The van der Waals surface area contributed by atoms with E-state index in [2.05, 4.69) is 25.0 Å². The van der Waals surface area contributed by atoms with Crippen molar-refractivity contribution < 1.29 is 9.90 Å². The van der Waals surface area contributed by atoms with Gasteiger partial charge in [-0.05, 0) is 31.0 Å². The third kappa shape index (κ3) is 4.86. The average Bonchev–Trinajstić information content (AvgIpc) is 2.44. The van der Waals surface area contributed by atoms with Gasteiger partial charge in [-0.25, -0.2) is 0 Å². The molecule has 1 fully saturated rings. The number of carbonyl (C=O) groups is 1. The first kappa shape index (κ1) is 16.0. The number of aliphatic hydroxyl groups excluding tert-OH is 1. The minimum absolute atomic E-state index is 0.0189. The van der Waals surface area contributed by atoms with Gasteiger partial charge in [0.05, 0.1) is 14.2 Å². The normalized spacial score (nSPS) is 19.4. The Morgan fingerprint density at radius 3 is 2.86 bits per heavy atom. The molecule has 4 nitrogen and oxygen atoms in total. The molecule has 2 N–H and O–H groups in total. The number of aliphatic hydroxyl groups is 1. The molecule has 5 heteroatoms. The smallest absolute Gasteiger partial charge is 0.254 e. The Kier molecular flexibility index (Phi) is 5.06. The quantitative estimate of drug-likeness (QED) is 0.841. The van der Waals surface area contributed by atoms with Crippen molar-refractivity contribution in [2.45, 2.75) is 38.6 Å². The summed E-state index contributed by atoms with van der Waals surface area (Å²) in [5.41, 5.74) is 1.70. The van der Waals surface area contributed by atoms with E-state index in [1.54, 1.807) is 4.90 Å². The number of nitrogens with one attached hydrogen (secondary N) is 1. The minimum atomic E-state index is -1.17. The van der Waals surface area contributed by atoms with E-state index in [-0.39, 0.29) is 12.0 Å². The summed E-state index contributed by atoms with van der Waals surface area (Å²) in [6.45, 7) is 8.12. The van der Waals surface area contributed by atoms with Crippen LogP contribution in [0.4, 0.5) is 5.69 Å². The van der Waals surface area contributed by atoms with Crippen molar-refractivity contribution in [3.63, 3.8) is 0 Å². The second kappa shape index (κ2) is 6.62. The number of hydrogen-bond donors (Lipinski definition) is 2. The molecule has 0 aliphatic carbocycles. The van der Waals surface area contributed by atoms with Gasteiger partial charge in [0.2, 0.25) is 0 Å². The molecule has 1 aliphatic heterocycles. The van der Waals surface area contributed by atoms with E-state index in [1.807, 2.05) is 24.3 Å². The summed E-state index contributed by atoms with van der Waals surface area (Å²) < 4.78 is 0. The highest BCUT2D eigenvalue weighted by Gasteiger charge is 2.23. The summed E-state index contributed by atoms with van der Waals surface area (Å²) in [6, 6.07) is 7.69. The number of likely N-dealkylation sites (tertiary alicyclic amines) is 1. The molecule has 0 radical (unpaired) electrons. The van der Waals surface area contributed by atoms with Gasteiger partial charge in [0.15, 0.2) is 0 Å². The lowest BCUT2D eigenvalue weighted by Crippen LogP contribution is -2.42. The second-order valence-corrected chi connectivity index (χ2v) is 12.5. The van der Waals surface area contributed by atoms with Gasteiger partial charge in [-0.2, -0.15) is 0 Å². The van der Waals surface area contributed by atoms with Crippen molar-refractivity contribution in [1.29, 1.82) is 0 Å². The van der Waals surface area contributed by atoms with Crippen LogP contribution in [0.15, 0.2) is 24.3 Å². The molecule has 0 aromatic heterocycles. The summed E-state index contributed by atoms with van der Waals surface area (Å²) in [6.07, 6.45) is 2.28. The molecule has 1 atom stereocenters. The maximum atomic E-state index is 12.5. The largest absolute Gasteiger partial charge is 0.391 e. The van der Waals surface area contributed by atoms with Crippen LogP contribution in [-0.2, 0) is 0 Å². The molecular formula is C16H26N2O2Si. The summed E-state index contributed by atoms with van der Waals surface area (Å²) in [5.74, 6) is 0.0189. The van der Waals surface area contributed by atoms with Crippen LogP contribution in [0.3, 0.4) is 0 Å². The van der Waals surface area contributed by atoms with Crippen LogP contribution < -0.4 is 5.32 Å². The summed E-state index contributed by atoms with van der Waals surface area (Å²) >= 11 is 0. The zero-order valence-electron chi connectivity index (χ0n) is 13.2. The van der Waals surface area contributed by atoms with E-state index in [0.29, 0.717) is 12.1 Å². The van der Waals surface area contributed by atoms with Crippen molar-refractivity contribution in [2.24, 2.45) is 0 Å². The molecule has 21 heavy (non-hydrogen) atoms. The van der Waals surface area contributed by atoms with Crippen LogP contribution in [0.1, 0.15) is 23.2 Å². The van der Waals surface area contributed by atoms with Gasteiger partial charge in [-0.1, -0.05) is 25.7 Å². The van der Waals surface area contributed by atoms with Crippen LogP contribution in [0.5, 0.6) is 0 Å². The third-order valence-electron chi connectivity index (χ3n) is 3.62. The third-order valence-corrected chi connectivity index (χ3v) is 4.85. The number of amides is 1. The number of benzene rings is 1. The fourth-order valence-electron chi connectivity index (χ4n) is 2.45. The van der Waals surface area contributed by atoms with Gasteiger partial charge in [0, 0.05) is 30.5 Å². The van der Waals surface area contributed by atoms with Crippen molar-refractivity contribution >= 4 is 19.7 Å². The first-order chi connectivity index (χ1) is 9.85. The first-order valence-corrected chi connectivity index (χ1v) is 11.4. The lowest BCUT2D eigenvalue weighted by Gasteiger charge is -2.30. The molecular weight excluding hydrogens is 280 g/mol. The Morgan fingerprint density at radius 1 is 1.43 bits per heavy atom. The van der Waals surface area contributed by atoms with E-state index < -0.39 is 8.07 Å². The van der Waals surface area contributed by atoms with Crippen molar-refractivity contribution in [2.75, 3.05) is 24.6 Å². The van der Waals surface area contributed by atoms with Crippen molar-refractivity contribution in [1.82, 2.24) is 4.90 Å². The summed E-state index contributed by atoms with van der Waals surface area (Å²) in [4.78, 5) is 14.3. The Labute approximate surface area is 128 Å². The van der Waals surface area contributed by atoms with Gasteiger partial charge < -0.3 is 15.3 Å². The van der Waals surface area contributed by atoms with Gasteiger partial charge in [0.25, 0.3) is 5.91 Å². The van der Waals surface area contributed by atoms with Crippen LogP contribution in [-0.4, -0.2) is 49.3 Å². The number of piperidine rings is 1.